The molecule has 3 nitrogen and oxygen atoms in total. The van der Waals surface area contributed by atoms with E-state index in [9.17, 15) is 4.79 Å². The van der Waals surface area contributed by atoms with Crippen LogP contribution in [0.25, 0.3) is 21.7 Å². The number of carbonyl (C=O) groups is 1. The number of anilines is 1. The summed E-state index contributed by atoms with van der Waals surface area (Å²) in [6.07, 6.45) is 0. The number of amides is 1. The molecule has 0 aliphatic rings. The summed E-state index contributed by atoms with van der Waals surface area (Å²) in [7, 11) is 0. The van der Waals surface area contributed by atoms with Crippen LogP contribution in [0.5, 0.6) is 0 Å². The first-order chi connectivity index (χ1) is 13.6. The molecule has 0 aliphatic heterocycles. The number of hydrogen-bond donors (Lipinski definition) is 1. The first kappa shape index (κ1) is 18.7. The average molecular weight is 425 g/mol. The van der Waals surface area contributed by atoms with Crippen LogP contribution in [0.3, 0.4) is 0 Å². The summed E-state index contributed by atoms with van der Waals surface area (Å²) in [5.41, 5.74) is 3.16. The number of nitrogens with zero attached hydrogens (tertiary/aromatic N) is 1. The number of carbonyl (C=O) groups excluding carboxylic acids is 1. The topological polar surface area (TPSA) is 42.0 Å². The summed E-state index contributed by atoms with van der Waals surface area (Å²) in [4.78, 5) is 18.4. The van der Waals surface area contributed by atoms with E-state index < -0.39 is 0 Å². The van der Waals surface area contributed by atoms with Gasteiger partial charge in [-0.3, -0.25) is 10.1 Å². The third kappa shape index (κ3) is 3.94. The highest BCUT2D eigenvalue weighted by Gasteiger charge is 2.18. The van der Waals surface area contributed by atoms with E-state index in [2.05, 4.69) is 10.3 Å². The molecule has 1 amide bonds. The summed E-state index contributed by atoms with van der Waals surface area (Å²) in [5.74, 6) is -0.347. The van der Waals surface area contributed by atoms with E-state index in [-0.39, 0.29) is 5.91 Å². The van der Waals surface area contributed by atoms with Gasteiger partial charge in [-0.15, -0.1) is 0 Å². The summed E-state index contributed by atoms with van der Waals surface area (Å²) < 4.78 is 0. The number of thiazole rings is 1. The zero-order valence-electron chi connectivity index (χ0n) is 14.5. The van der Waals surface area contributed by atoms with Crippen LogP contribution in [0.1, 0.15) is 10.4 Å². The molecule has 0 aliphatic carbocycles. The van der Waals surface area contributed by atoms with Crippen molar-refractivity contribution in [2.75, 3.05) is 5.32 Å². The number of benzene rings is 3. The van der Waals surface area contributed by atoms with Crippen LogP contribution in [0.15, 0.2) is 78.9 Å². The van der Waals surface area contributed by atoms with Crippen molar-refractivity contribution in [3.8, 4) is 21.7 Å². The highest BCUT2D eigenvalue weighted by atomic mass is 35.5. The first-order valence-corrected chi connectivity index (χ1v) is 10.1. The molecular weight excluding hydrogens is 411 g/mol. The molecule has 0 saturated carbocycles. The Labute approximate surface area is 176 Å². The molecule has 138 valence electrons. The molecule has 28 heavy (non-hydrogen) atoms. The van der Waals surface area contributed by atoms with Gasteiger partial charge >= 0.3 is 0 Å². The van der Waals surface area contributed by atoms with Gasteiger partial charge in [0, 0.05) is 10.6 Å². The first-order valence-electron chi connectivity index (χ1n) is 8.50. The summed E-state index contributed by atoms with van der Waals surface area (Å²) in [6, 6.07) is 24.7. The Balaban J connectivity index is 1.73. The molecule has 4 rings (SSSR count). The predicted molar refractivity (Wildman–Crippen MR) is 117 cm³/mol. The lowest BCUT2D eigenvalue weighted by Gasteiger charge is -2.04. The Morgan fingerprint density at radius 2 is 1.50 bits per heavy atom. The van der Waals surface area contributed by atoms with Crippen molar-refractivity contribution in [3.63, 3.8) is 0 Å². The summed E-state index contributed by atoms with van der Waals surface area (Å²) >= 11 is 13.6. The number of aromatic nitrogens is 1. The van der Waals surface area contributed by atoms with Crippen molar-refractivity contribution in [2.24, 2.45) is 0 Å². The minimum Gasteiger partial charge on any atom is -0.298 e. The zero-order chi connectivity index (χ0) is 19.5. The molecule has 0 spiro atoms. The third-order valence-electron chi connectivity index (χ3n) is 4.10. The second-order valence-electron chi connectivity index (χ2n) is 6.01. The van der Waals surface area contributed by atoms with Gasteiger partial charge in [0.15, 0.2) is 5.13 Å². The fraction of sp³-hybridized carbons (Fsp3) is 0. The van der Waals surface area contributed by atoms with Crippen LogP contribution in [0.2, 0.25) is 10.0 Å². The molecule has 1 aromatic heterocycles. The minimum atomic E-state index is -0.347. The van der Waals surface area contributed by atoms with Crippen LogP contribution >= 0.6 is 34.5 Å². The maximum absolute atomic E-state index is 12.7. The number of rotatable bonds is 4. The van der Waals surface area contributed by atoms with Crippen molar-refractivity contribution in [1.29, 1.82) is 0 Å². The second kappa shape index (κ2) is 8.15. The van der Waals surface area contributed by atoms with Gasteiger partial charge in [-0.25, -0.2) is 4.98 Å². The fourth-order valence-electron chi connectivity index (χ4n) is 2.79. The normalized spacial score (nSPS) is 10.6. The smallest absolute Gasteiger partial charge is 0.259 e. The van der Waals surface area contributed by atoms with Gasteiger partial charge in [0.25, 0.3) is 5.91 Å². The van der Waals surface area contributed by atoms with Crippen molar-refractivity contribution in [3.05, 3.63) is 94.5 Å². The molecule has 6 heteroatoms. The number of nitrogens with one attached hydrogen (secondary N) is 1. The molecule has 0 saturated heterocycles. The Morgan fingerprint density at radius 3 is 2.18 bits per heavy atom. The summed E-state index contributed by atoms with van der Waals surface area (Å²) in [6.45, 7) is 0. The van der Waals surface area contributed by atoms with Crippen LogP contribution in [0, 0.1) is 0 Å². The van der Waals surface area contributed by atoms with Crippen molar-refractivity contribution in [1.82, 2.24) is 4.98 Å². The molecule has 0 fully saturated rings. The maximum Gasteiger partial charge on any atom is 0.259 e. The van der Waals surface area contributed by atoms with Crippen molar-refractivity contribution in [2.45, 2.75) is 0 Å². The van der Waals surface area contributed by atoms with Crippen LogP contribution in [-0.2, 0) is 0 Å². The molecule has 0 unspecified atom stereocenters. The number of halogens is 2. The predicted octanol–water partition coefficient (Wildman–Crippen LogP) is 7.04. The Morgan fingerprint density at radius 1 is 0.857 bits per heavy atom. The summed E-state index contributed by atoms with van der Waals surface area (Å²) in [5, 5.41) is 4.14. The van der Waals surface area contributed by atoms with Gasteiger partial charge in [-0.05, 0) is 23.8 Å². The molecule has 0 radical (unpaired) electrons. The van der Waals surface area contributed by atoms with Crippen molar-refractivity contribution < 1.29 is 4.79 Å². The molecule has 4 aromatic rings. The highest BCUT2D eigenvalue weighted by molar-refractivity contribution is 7.19. The standard InChI is InChI=1S/C22H14Cl2N2OS/c23-16-11-12-18(24)17(13-16)21(27)26-22-25-19(14-7-3-1-4-8-14)20(28-22)15-9-5-2-6-10-15/h1-13H,(H,25,26,27). The zero-order valence-corrected chi connectivity index (χ0v) is 16.9. The largest absolute Gasteiger partial charge is 0.298 e. The lowest BCUT2D eigenvalue weighted by Crippen LogP contribution is -2.12. The van der Waals surface area contributed by atoms with Crippen LogP contribution in [0.4, 0.5) is 5.13 Å². The molecular formula is C22H14Cl2N2OS. The Kier molecular flexibility index (Phi) is 5.44. The molecule has 1 N–H and O–H groups in total. The van der Waals surface area contributed by atoms with E-state index in [1.54, 1.807) is 18.2 Å². The lowest BCUT2D eigenvalue weighted by molar-refractivity contribution is 0.102. The second-order valence-corrected chi connectivity index (χ2v) is 7.85. The number of hydrogen-bond acceptors (Lipinski definition) is 3. The Bertz CT molecular complexity index is 1070. The van der Waals surface area contributed by atoms with E-state index in [1.165, 1.54) is 11.3 Å². The van der Waals surface area contributed by atoms with E-state index >= 15 is 0 Å². The van der Waals surface area contributed by atoms with E-state index in [1.807, 2.05) is 60.7 Å². The monoisotopic (exact) mass is 424 g/mol. The van der Waals surface area contributed by atoms with Gasteiger partial charge in [-0.1, -0.05) is 95.2 Å². The van der Waals surface area contributed by atoms with Gasteiger partial charge in [0.2, 0.25) is 0 Å². The fourth-order valence-corrected chi connectivity index (χ4v) is 4.15. The van der Waals surface area contributed by atoms with E-state index in [0.717, 1.165) is 21.7 Å². The van der Waals surface area contributed by atoms with Gasteiger partial charge in [-0.2, -0.15) is 0 Å². The highest BCUT2D eigenvalue weighted by Crippen LogP contribution is 2.39. The maximum atomic E-state index is 12.7. The van der Waals surface area contributed by atoms with Gasteiger partial charge in [0.1, 0.15) is 0 Å². The molecule has 0 bridgehead atoms. The van der Waals surface area contributed by atoms with E-state index in [0.29, 0.717) is 20.7 Å². The Hall–Kier alpha value is -2.66. The van der Waals surface area contributed by atoms with Gasteiger partial charge < -0.3 is 0 Å². The van der Waals surface area contributed by atoms with Crippen molar-refractivity contribution >= 4 is 45.6 Å². The SMILES string of the molecule is O=C(Nc1nc(-c2ccccc2)c(-c2ccccc2)s1)c1cc(Cl)ccc1Cl. The van der Waals surface area contributed by atoms with Crippen LogP contribution < -0.4 is 5.32 Å². The quantitative estimate of drug-likeness (QED) is 0.381. The third-order valence-corrected chi connectivity index (χ3v) is 5.69. The minimum absolute atomic E-state index is 0.312. The van der Waals surface area contributed by atoms with Crippen LogP contribution in [-0.4, -0.2) is 10.9 Å². The molecule has 3 aromatic carbocycles. The van der Waals surface area contributed by atoms with Gasteiger partial charge in [0.05, 0.1) is 21.2 Å². The molecule has 0 atom stereocenters. The lowest BCUT2D eigenvalue weighted by atomic mass is 10.1. The average Bonchev–Trinajstić information content (AvgIpc) is 3.15. The van der Waals surface area contributed by atoms with E-state index in [4.69, 9.17) is 23.2 Å². The molecule has 1 heterocycles.